The van der Waals surface area contributed by atoms with Gasteiger partial charge in [-0.3, -0.25) is 20.9 Å². The maximum Gasteiger partial charge on any atom is 0.141 e. The third kappa shape index (κ3) is 3.05. The molecule has 0 radical (unpaired) electrons. The lowest BCUT2D eigenvalue weighted by Crippen LogP contribution is -2.31. The summed E-state index contributed by atoms with van der Waals surface area (Å²) in [5, 5.41) is 4.44. The van der Waals surface area contributed by atoms with Crippen molar-refractivity contribution in [2.75, 3.05) is 0 Å². The number of aryl methyl sites for hydroxylation is 2. The first-order valence-electron chi connectivity index (χ1n) is 6.36. The Balaban J connectivity index is 2.28. The summed E-state index contributed by atoms with van der Waals surface area (Å²) in [5.41, 5.74) is 5.40. The van der Waals surface area contributed by atoms with Crippen molar-refractivity contribution < 1.29 is 4.39 Å². The monoisotopic (exact) mass is 341 g/mol. The number of nitrogens with two attached hydrogens (primary N) is 1. The standard InChI is InChI=1S/C13H17BrFN5/c1-3-20-12(13(14)8(2)19-20)6-11(18-16)10-5-4-9(15)7-17-10/h4-5,7,11,18H,3,6,16H2,1-2H3. The predicted octanol–water partition coefficient (Wildman–Crippen LogP) is 2.26. The zero-order valence-electron chi connectivity index (χ0n) is 11.4. The van der Waals surface area contributed by atoms with E-state index in [2.05, 4.69) is 31.4 Å². The van der Waals surface area contributed by atoms with Crippen LogP contribution in [-0.2, 0) is 13.0 Å². The SMILES string of the molecule is CCn1nc(C)c(Br)c1CC(NN)c1ccc(F)cn1. The molecule has 1 atom stereocenters. The van der Waals surface area contributed by atoms with Gasteiger partial charge in [-0.25, -0.2) is 4.39 Å². The summed E-state index contributed by atoms with van der Waals surface area (Å²) in [6.07, 6.45) is 1.81. The van der Waals surface area contributed by atoms with Crippen molar-refractivity contribution in [2.45, 2.75) is 32.9 Å². The second-order valence-electron chi connectivity index (χ2n) is 4.49. The Labute approximate surface area is 125 Å². The lowest BCUT2D eigenvalue weighted by atomic mass is 10.1. The van der Waals surface area contributed by atoms with Crippen LogP contribution < -0.4 is 11.3 Å². The molecule has 0 aliphatic carbocycles. The first kappa shape index (κ1) is 15.1. The van der Waals surface area contributed by atoms with Gasteiger partial charge < -0.3 is 0 Å². The summed E-state index contributed by atoms with van der Waals surface area (Å²) < 4.78 is 15.8. The normalized spacial score (nSPS) is 12.7. The molecule has 20 heavy (non-hydrogen) atoms. The number of aromatic nitrogens is 3. The molecule has 2 aromatic heterocycles. The molecule has 0 aliphatic rings. The third-order valence-corrected chi connectivity index (χ3v) is 4.19. The van der Waals surface area contributed by atoms with Gasteiger partial charge in [-0.2, -0.15) is 5.10 Å². The number of rotatable bonds is 5. The molecular formula is C13H17BrFN5. The van der Waals surface area contributed by atoms with Crippen LogP contribution in [0, 0.1) is 12.7 Å². The molecule has 0 aromatic carbocycles. The molecular weight excluding hydrogens is 325 g/mol. The molecule has 7 heteroatoms. The van der Waals surface area contributed by atoms with Gasteiger partial charge in [0.1, 0.15) is 5.82 Å². The second kappa shape index (κ2) is 6.43. The van der Waals surface area contributed by atoms with Crippen molar-refractivity contribution in [3.63, 3.8) is 0 Å². The zero-order valence-corrected chi connectivity index (χ0v) is 13.0. The first-order valence-corrected chi connectivity index (χ1v) is 7.15. The number of hydrazine groups is 1. The molecule has 0 amide bonds. The topological polar surface area (TPSA) is 68.8 Å². The van der Waals surface area contributed by atoms with Crippen molar-refractivity contribution in [1.29, 1.82) is 0 Å². The van der Waals surface area contributed by atoms with Gasteiger partial charge in [0.05, 0.1) is 33.8 Å². The van der Waals surface area contributed by atoms with Crippen LogP contribution in [0.2, 0.25) is 0 Å². The van der Waals surface area contributed by atoms with Crippen LogP contribution in [0.3, 0.4) is 0 Å². The van der Waals surface area contributed by atoms with Crippen molar-refractivity contribution in [3.8, 4) is 0 Å². The van der Waals surface area contributed by atoms with E-state index in [1.54, 1.807) is 6.07 Å². The predicted molar refractivity (Wildman–Crippen MR) is 78.3 cm³/mol. The molecule has 2 aromatic rings. The minimum Gasteiger partial charge on any atom is -0.271 e. The summed E-state index contributed by atoms with van der Waals surface area (Å²) >= 11 is 3.55. The number of halogens is 2. The molecule has 2 rings (SSSR count). The van der Waals surface area contributed by atoms with Gasteiger partial charge in [-0.1, -0.05) is 0 Å². The number of nitrogens with one attached hydrogen (secondary N) is 1. The van der Waals surface area contributed by atoms with Gasteiger partial charge in [0.25, 0.3) is 0 Å². The van der Waals surface area contributed by atoms with E-state index in [0.717, 1.165) is 22.4 Å². The Hall–Kier alpha value is -1.31. The molecule has 0 spiro atoms. The zero-order chi connectivity index (χ0) is 14.7. The summed E-state index contributed by atoms with van der Waals surface area (Å²) in [6.45, 7) is 4.75. The van der Waals surface area contributed by atoms with Gasteiger partial charge in [-0.15, -0.1) is 0 Å². The quantitative estimate of drug-likeness (QED) is 0.646. The highest BCUT2D eigenvalue weighted by molar-refractivity contribution is 9.10. The van der Waals surface area contributed by atoms with E-state index in [0.29, 0.717) is 12.1 Å². The summed E-state index contributed by atoms with van der Waals surface area (Å²) in [4.78, 5) is 4.08. The Morgan fingerprint density at radius 1 is 1.50 bits per heavy atom. The van der Waals surface area contributed by atoms with Crippen molar-refractivity contribution in [2.24, 2.45) is 5.84 Å². The van der Waals surface area contributed by atoms with E-state index >= 15 is 0 Å². The molecule has 0 aliphatic heterocycles. The smallest absolute Gasteiger partial charge is 0.141 e. The fourth-order valence-electron chi connectivity index (χ4n) is 2.10. The molecule has 5 nitrogen and oxygen atoms in total. The molecule has 1 unspecified atom stereocenters. The van der Waals surface area contributed by atoms with E-state index < -0.39 is 0 Å². The van der Waals surface area contributed by atoms with Crippen LogP contribution in [0.5, 0.6) is 0 Å². The van der Waals surface area contributed by atoms with Gasteiger partial charge in [0.15, 0.2) is 0 Å². The van der Waals surface area contributed by atoms with E-state index in [1.807, 2.05) is 18.5 Å². The van der Waals surface area contributed by atoms with Crippen LogP contribution in [0.1, 0.15) is 30.0 Å². The minimum atomic E-state index is -0.361. The van der Waals surface area contributed by atoms with Crippen LogP contribution in [0.4, 0.5) is 4.39 Å². The average molecular weight is 342 g/mol. The van der Waals surface area contributed by atoms with E-state index in [-0.39, 0.29) is 11.9 Å². The molecule has 0 bridgehead atoms. The van der Waals surface area contributed by atoms with E-state index in [4.69, 9.17) is 5.84 Å². The molecule has 2 heterocycles. The number of nitrogens with zero attached hydrogens (tertiary/aromatic N) is 3. The Morgan fingerprint density at radius 3 is 2.80 bits per heavy atom. The number of pyridine rings is 1. The van der Waals surface area contributed by atoms with Crippen molar-refractivity contribution in [3.05, 3.63) is 45.7 Å². The fourth-order valence-corrected chi connectivity index (χ4v) is 2.55. The Kier molecular flexibility index (Phi) is 4.85. The third-order valence-electron chi connectivity index (χ3n) is 3.16. The van der Waals surface area contributed by atoms with Gasteiger partial charge in [0.2, 0.25) is 0 Å². The Bertz CT molecular complexity index is 581. The van der Waals surface area contributed by atoms with E-state index in [1.165, 1.54) is 12.3 Å². The van der Waals surface area contributed by atoms with Gasteiger partial charge in [-0.05, 0) is 41.9 Å². The van der Waals surface area contributed by atoms with Gasteiger partial charge in [0, 0.05) is 13.0 Å². The van der Waals surface area contributed by atoms with Crippen LogP contribution in [0.15, 0.2) is 22.8 Å². The second-order valence-corrected chi connectivity index (χ2v) is 5.28. The molecule has 0 fully saturated rings. The lowest BCUT2D eigenvalue weighted by molar-refractivity contribution is 0.503. The average Bonchev–Trinajstić information content (AvgIpc) is 2.73. The number of hydrogen-bond donors (Lipinski definition) is 2. The summed E-state index contributed by atoms with van der Waals surface area (Å²) in [6, 6.07) is 2.81. The summed E-state index contributed by atoms with van der Waals surface area (Å²) in [7, 11) is 0. The maximum absolute atomic E-state index is 12.9. The molecule has 108 valence electrons. The highest BCUT2D eigenvalue weighted by Gasteiger charge is 2.19. The maximum atomic E-state index is 12.9. The highest BCUT2D eigenvalue weighted by atomic mass is 79.9. The molecule has 3 N–H and O–H groups in total. The van der Waals surface area contributed by atoms with Crippen LogP contribution in [0.25, 0.3) is 0 Å². The minimum absolute atomic E-state index is 0.201. The van der Waals surface area contributed by atoms with Crippen molar-refractivity contribution in [1.82, 2.24) is 20.2 Å². The summed E-state index contributed by atoms with van der Waals surface area (Å²) in [5.74, 6) is 5.25. The highest BCUT2D eigenvalue weighted by Crippen LogP contribution is 2.25. The molecule has 0 saturated carbocycles. The van der Waals surface area contributed by atoms with Crippen LogP contribution >= 0.6 is 15.9 Å². The fraction of sp³-hybridized carbons (Fsp3) is 0.385. The van der Waals surface area contributed by atoms with Crippen LogP contribution in [-0.4, -0.2) is 14.8 Å². The van der Waals surface area contributed by atoms with Crippen molar-refractivity contribution >= 4 is 15.9 Å². The van der Waals surface area contributed by atoms with E-state index in [9.17, 15) is 4.39 Å². The Morgan fingerprint density at radius 2 is 2.25 bits per heavy atom. The molecule has 0 saturated heterocycles. The largest absolute Gasteiger partial charge is 0.271 e. The lowest BCUT2D eigenvalue weighted by Gasteiger charge is -2.16. The van der Waals surface area contributed by atoms with Gasteiger partial charge >= 0.3 is 0 Å². The number of hydrogen-bond acceptors (Lipinski definition) is 4. The first-order chi connectivity index (χ1) is 9.56.